The van der Waals surface area contributed by atoms with Gasteiger partial charge >= 0.3 is 0 Å². The van der Waals surface area contributed by atoms with Crippen LogP contribution in [0, 0.1) is 0 Å². The summed E-state index contributed by atoms with van der Waals surface area (Å²) >= 11 is 6.00. The highest BCUT2D eigenvalue weighted by Crippen LogP contribution is 2.20. The van der Waals surface area contributed by atoms with Crippen molar-refractivity contribution in [2.24, 2.45) is 0 Å². The van der Waals surface area contributed by atoms with Crippen molar-refractivity contribution >= 4 is 17.4 Å². The average Bonchev–Trinajstić information content (AvgIpc) is 3.04. The molecule has 1 saturated carbocycles. The van der Waals surface area contributed by atoms with Gasteiger partial charge < -0.3 is 5.32 Å². The second kappa shape index (κ2) is 5.65. The normalized spacial score (nSPS) is 15.2. The van der Waals surface area contributed by atoms with Gasteiger partial charge in [0, 0.05) is 25.6 Å². The standard InChI is InChI=1S/C12H18ClN3O/c1-2-7-16-12(10(13)8-15-16)11(17)5-6-14-9-3-4-9/h8-9,14H,2-7H2,1H3. The first kappa shape index (κ1) is 12.6. The molecular formula is C12H18ClN3O. The number of hydrogen-bond acceptors (Lipinski definition) is 3. The lowest BCUT2D eigenvalue weighted by molar-refractivity contribution is 0.0972. The Hall–Kier alpha value is -0.870. The molecule has 1 aromatic rings. The molecule has 2 rings (SSSR count). The van der Waals surface area contributed by atoms with Crippen LogP contribution < -0.4 is 5.32 Å². The summed E-state index contributed by atoms with van der Waals surface area (Å²) in [5.41, 5.74) is 0.561. The lowest BCUT2D eigenvalue weighted by atomic mass is 10.2. The number of halogens is 1. The van der Waals surface area contributed by atoms with Crippen LogP contribution in [0.2, 0.25) is 5.02 Å². The molecule has 0 aliphatic heterocycles. The lowest BCUT2D eigenvalue weighted by Crippen LogP contribution is -2.21. The van der Waals surface area contributed by atoms with E-state index in [9.17, 15) is 4.79 Å². The van der Waals surface area contributed by atoms with Crippen LogP contribution in [0.25, 0.3) is 0 Å². The van der Waals surface area contributed by atoms with Crippen molar-refractivity contribution in [3.05, 3.63) is 16.9 Å². The van der Waals surface area contributed by atoms with Crippen molar-refractivity contribution in [1.82, 2.24) is 15.1 Å². The molecule has 0 unspecified atom stereocenters. The maximum absolute atomic E-state index is 12.0. The number of rotatable bonds is 7. The van der Waals surface area contributed by atoms with Gasteiger partial charge in [-0.2, -0.15) is 5.10 Å². The number of hydrogen-bond donors (Lipinski definition) is 1. The fraction of sp³-hybridized carbons (Fsp3) is 0.667. The summed E-state index contributed by atoms with van der Waals surface area (Å²) in [6.07, 6.45) is 5.47. The molecule has 1 aliphatic rings. The monoisotopic (exact) mass is 255 g/mol. The molecule has 0 saturated heterocycles. The summed E-state index contributed by atoms with van der Waals surface area (Å²) in [4.78, 5) is 12.0. The Labute approximate surface area is 106 Å². The van der Waals surface area contributed by atoms with Gasteiger partial charge in [0.05, 0.1) is 11.2 Å². The molecule has 0 radical (unpaired) electrons. The predicted octanol–water partition coefficient (Wildman–Crippen LogP) is 2.27. The molecule has 5 heteroatoms. The first-order chi connectivity index (χ1) is 8.22. The summed E-state index contributed by atoms with van der Waals surface area (Å²) in [7, 11) is 0. The highest BCUT2D eigenvalue weighted by molar-refractivity contribution is 6.33. The number of nitrogens with zero attached hydrogens (tertiary/aromatic N) is 2. The first-order valence-electron chi connectivity index (χ1n) is 6.20. The molecule has 1 N–H and O–H groups in total. The third kappa shape index (κ3) is 3.30. The minimum atomic E-state index is 0.0779. The van der Waals surface area contributed by atoms with E-state index in [1.165, 1.54) is 12.8 Å². The summed E-state index contributed by atoms with van der Waals surface area (Å²) in [5.74, 6) is 0.0779. The van der Waals surface area contributed by atoms with E-state index in [1.54, 1.807) is 10.9 Å². The van der Waals surface area contributed by atoms with Crippen LogP contribution in [0.5, 0.6) is 0 Å². The van der Waals surface area contributed by atoms with Crippen LogP contribution in [-0.4, -0.2) is 28.2 Å². The van der Waals surface area contributed by atoms with Gasteiger partial charge in [0.15, 0.2) is 5.78 Å². The maximum atomic E-state index is 12.0. The van der Waals surface area contributed by atoms with E-state index in [2.05, 4.69) is 17.3 Å². The molecule has 4 nitrogen and oxygen atoms in total. The first-order valence-corrected chi connectivity index (χ1v) is 6.58. The second-order valence-electron chi connectivity index (χ2n) is 4.47. The molecule has 1 heterocycles. The smallest absolute Gasteiger partial charge is 0.183 e. The zero-order valence-corrected chi connectivity index (χ0v) is 10.8. The molecule has 94 valence electrons. The third-order valence-electron chi connectivity index (χ3n) is 2.86. The predicted molar refractivity (Wildman–Crippen MR) is 67.5 cm³/mol. The second-order valence-corrected chi connectivity index (χ2v) is 4.87. The minimum Gasteiger partial charge on any atom is -0.314 e. The highest BCUT2D eigenvalue weighted by atomic mass is 35.5. The Morgan fingerprint density at radius 1 is 1.65 bits per heavy atom. The van der Waals surface area contributed by atoms with Gasteiger partial charge in [-0.05, 0) is 19.3 Å². The summed E-state index contributed by atoms with van der Waals surface area (Å²) in [5, 5.41) is 7.92. The number of carbonyl (C=O) groups excluding carboxylic acids is 1. The minimum absolute atomic E-state index is 0.0779. The highest BCUT2D eigenvalue weighted by Gasteiger charge is 2.21. The zero-order chi connectivity index (χ0) is 12.3. The number of aryl methyl sites for hydroxylation is 1. The number of aromatic nitrogens is 2. The van der Waals surface area contributed by atoms with Gasteiger partial charge in [-0.15, -0.1) is 0 Å². The van der Waals surface area contributed by atoms with Gasteiger partial charge in [-0.1, -0.05) is 18.5 Å². The average molecular weight is 256 g/mol. The van der Waals surface area contributed by atoms with Crippen LogP contribution >= 0.6 is 11.6 Å². The lowest BCUT2D eigenvalue weighted by Gasteiger charge is -2.06. The molecule has 0 spiro atoms. The molecule has 1 fully saturated rings. The summed E-state index contributed by atoms with van der Waals surface area (Å²) in [6, 6.07) is 0.638. The van der Waals surface area contributed by atoms with Crippen molar-refractivity contribution in [3.8, 4) is 0 Å². The molecular weight excluding hydrogens is 238 g/mol. The van der Waals surface area contributed by atoms with E-state index in [-0.39, 0.29) is 5.78 Å². The number of carbonyl (C=O) groups is 1. The molecule has 0 bridgehead atoms. The van der Waals surface area contributed by atoms with Crippen molar-refractivity contribution < 1.29 is 4.79 Å². The zero-order valence-electron chi connectivity index (χ0n) is 10.1. The quantitative estimate of drug-likeness (QED) is 0.761. The molecule has 0 aromatic carbocycles. The molecule has 0 amide bonds. The number of Topliss-reactive ketones (excluding diaryl/α,β-unsaturated/α-hetero) is 1. The van der Waals surface area contributed by atoms with E-state index >= 15 is 0 Å². The van der Waals surface area contributed by atoms with Gasteiger partial charge in [0.2, 0.25) is 0 Å². The molecule has 1 aliphatic carbocycles. The van der Waals surface area contributed by atoms with Crippen molar-refractivity contribution in [3.63, 3.8) is 0 Å². The fourth-order valence-corrected chi connectivity index (χ4v) is 2.06. The number of nitrogens with one attached hydrogen (secondary N) is 1. The van der Waals surface area contributed by atoms with E-state index in [1.807, 2.05) is 0 Å². The van der Waals surface area contributed by atoms with Gasteiger partial charge in [0.1, 0.15) is 5.69 Å². The van der Waals surface area contributed by atoms with Crippen LogP contribution in [0.15, 0.2) is 6.20 Å². The van der Waals surface area contributed by atoms with Crippen molar-refractivity contribution in [2.45, 2.75) is 45.2 Å². The van der Waals surface area contributed by atoms with E-state index in [0.717, 1.165) is 19.5 Å². The van der Waals surface area contributed by atoms with Crippen molar-refractivity contribution in [2.75, 3.05) is 6.54 Å². The Balaban J connectivity index is 1.93. The largest absolute Gasteiger partial charge is 0.314 e. The Kier molecular flexibility index (Phi) is 4.18. The summed E-state index contributed by atoms with van der Waals surface area (Å²) < 4.78 is 1.71. The van der Waals surface area contributed by atoms with E-state index in [0.29, 0.717) is 23.2 Å². The summed E-state index contributed by atoms with van der Waals surface area (Å²) in [6.45, 7) is 3.53. The Morgan fingerprint density at radius 3 is 3.06 bits per heavy atom. The van der Waals surface area contributed by atoms with Crippen LogP contribution in [0.3, 0.4) is 0 Å². The van der Waals surface area contributed by atoms with Gasteiger partial charge in [0.25, 0.3) is 0 Å². The van der Waals surface area contributed by atoms with Crippen molar-refractivity contribution in [1.29, 1.82) is 0 Å². The Bertz CT molecular complexity index is 398. The molecule has 1 aromatic heterocycles. The SMILES string of the molecule is CCCn1ncc(Cl)c1C(=O)CCNC1CC1. The van der Waals surface area contributed by atoms with Crippen LogP contribution in [0.1, 0.15) is 43.1 Å². The third-order valence-corrected chi connectivity index (χ3v) is 3.13. The molecule has 0 atom stereocenters. The Morgan fingerprint density at radius 2 is 2.41 bits per heavy atom. The van der Waals surface area contributed by atoms with Gasteiger partial charge in [-0.25, -0.2) is 0 Å². The number of ketones is 1. The van der Waals surface area contributed by atoms with Crippen LogP contribution in [0.4, 0.5) is 0 Å². The van der Waals surface area contributed by atoms with Crippen LogP contribution in [-0.2, 0) is 6.54 Å². The maximum Gasteiger partial charge on any atom is 0.183 e. The van der Waals surface area contributed by atoms with E-state index in [4.69, 9.17) is 11.6 Å². The van der Waals surface area contributed by atoms with E-state index < -0.39 is 0 Å². The molecule has 17 heavy (non-hydrogen) atoms. The topological polar surface area (TPSA) is 46.9 Å². The van der Waals surface area contributed by atoms with Gasteiger partial charge in [-0.3, -0.25) is 9.48 Å². The fourth-order valence-electron chi connectivity index (χ4n) is 1.82.